The third-order valence-electron chi connectivity index (χ3n) is 6.16. The summed E-state index contributed by atoms with van der Waals surface area (Å²) in [5, 5.41) is 4.54. The van der Waals surface area contributed by atoms with E-state index in [4.69, 9.17) is 0 Å². The van der Waals surface area contributed by atoms with Gasteiger partial charge in [-0.25, -0.2) is 0 Å². The molecule has 0 nitrogen and oxygen atoms in total. The number of hydrogen-bond donors (Lipinski definition) is 0. The summed E-state index contributed by atoms with van der Waals surface area (Å²) in [6.45, 7) is 4.66. The van der Waals surface area contributed by atoms with Crippen molar-refractivity contribution in [1.29, 1.82) is 0 Å². The maximum Gasteiger partial charge on any atom is 0.115 e. The molecule has 1 aliphatic carbocycles. The maximum absolute atomic E-state index is 2.37. The quantitative estimate of drug-likeness (QED) is 0.397. The van der Waals surface area contributed by atoms with Gasteiger partial charge in [-0.05, 0) is 63.1 Å². The highest BCUT2D eigenvalue weighted by Gasteiger charge is 2.52. The highest BCUT2D eigenvalue weighted by atomic mass is 31.2. The minimum atomic E-state index is -1.73. The summed E-state index contributed by atoms with van der Waals surface area (Å²) in [4.78, 5) is 0. The first-order valence-electron chi connectivity index (χ1n) is 9.93. The average molecular weight is 371 g/mol. The van der Waals surface area contributed by atoms with Crippen molar-refractivity contribution in [3.63, 3.8) is 0 Å². The van der Waals surface area contributed by atoms with E-state index in [9.17, 15) is 0 Å². The SMILES string of the molecule is CC1=C(C)CC([P+](c2ccccc2)(c2ccccc2)c2ccccc2)CC1. The van der Waals surface area contributed by atoms with Crippen molar-refractivity contribution in [2.24, 2.45) is 0 Å². The predicted octanol–water partition coefficient (Wildman–Crippen LogP) is 5.87. The summed E-state index contributed by atoms with van der Waals surface area (Å²) in [5.41, 5.74) is 3.85. The highest BCUT2D eigenvalue weighted by molar-refractivity contribution is 7.96. The highest BCUT2D eigenvalue weighted by Crippen LogP contribution is 2.63. The van der Waals surface area contributed by atoms with E-state index in [-0.39, 0.29) is 0 Å². The first-order valence-corrected chi connectivity index (χ1v) is 11.8. The smallest absolute Gasteiger partial charge is 0.0741 e. The summed E-state index contributed by atoms with van der Waals surface area (Å²) in [7, 11) is -1.73. The molecule has 1 aliphatic rings. The number of rotatable bonds is 4. The van der Waals surface area contributed by atoms with Crippen LogP contribution in [0.3, 0.4) is 0 Å². The van der Waals surface area contributed by atoms with Gasteiger partial charge < -0.3 is 0 Å². The Balaban J connectivity index is 2.01. The molecule has 3 aromatic carbocycles. The van der Waals surface area contributed by atoms with Crippen LogP contribution >= 0.6 is 7.26 Å². The van der Waals surface area contributed by atoms with Crippen LogP contribution in [-0.2, 0) is 0 Å². The van der Waals surface area contributed by atoms with Gasteiger partial charge in [0.2, 0.25) is 0 Å². The van der Waals surface area contributed by atoms with Gasteiger partial charge in [0.1, 0.15) is 23.2 Å². The van der Waals surface area contributed by atoms with Gasteiger partial charge in [0.25, 0.3) is 0 Å². The van der Waals surface area contributed by atoms with Crippen molar-refractivity contribution in [3.05, 3.63) is 102 Å². The molecule has 0 aromatic heterocycles. The minimum absolute atomic E-state index is 0.661. The molecule has 0 bridgehead atoms. The van der Waals surface area contributed by atoms with Crippen molar-refractivity contribution in [1.82, 2.24) is 0 Å². The molecule has 1 atom stereocenters. The molecule has 0 amide bonds. The van der Waals surface area contributed by atoms with Crippen molar-refractivity contribution in [2.75, 3.05) is 0 Å². The molecule has 0 heterocycles. The molecule has 0 saturated heterocycles. The molecule has 4 rings (SSSR count). The fourth-order valence-electron chi connectivity index (χ4n) is 4.63. The van der Waals surface area contributed by atoms with Gasteiger partial charge in [0.15, 0.2) is 0 Å². The lowest BCUT2D eigenvalue weighted by Crippen LogP contribution is -2.39. The van der Waals surface area contributed by atoms with E-state index in [1.807, 2.05) is 0 Å². The van der Waals surface area contributed by atoms with E-state index >= 15 is 0 Å². The summed E-state index contributed by atoms with van der Waals surface area (Å²) in [5.74, 6) is 0. The lowest BCUT2D eigenvalue weighted by atomic mass is 9.93. The van der Waals surface area contributed by atoms with Gasteiger partial charge in [0.05, 0.1) is 5.66 Å². The fraction of sp³-hybridized carbons (Fsp3) is 0.231. The lowest BCUT2D eigenvalue weighted by Gasteiger charge is -2.37. The van der Waals surface area contributed by atoms with E-state index in [0.717, 1.165) is 0 Å². The topological polar surface area (TPSA) is 0 Å². The number of benzene rings is 3. The zero-order valence-electron chi connectivity index (χ0n) is 16.3. The summed E-state index contributed by atoms with van der Waals surface area (Å²) < 4.78 is 0. The predicted molar refractivity (Wildman–Crippen MR) is 121 cm³/mol. The molecule has 0 radical (unpaired) electrons. The van der Waals surface area contributed by atoms with Gasteiger partial charge in [0, 0.05) is 6.42 Å². The Morgan fingerprint density at radius 3 is 1.37 bits per heavy atom. The molecule has 1 unspecified atom stereocenters. The second-order valence-corrected chi connectivity index (χ2v) is 11.4. The van der Waals surface area contributed by atoms with Gasteiger partial charge >= 0.3 is 0 Å². The summed E-state index contributed by atoms with van der Waals surface area (Å²) in [6, 6.07) is 33.9. The van der Waals surface area contributed by atoms with Crippen LogP contribution < -0.4 is 15.9 Å². The monoisotopic (exact) mass is 371 g/mol. The van der Waals surface area contributed by atoms with Crippen LogP contribution in [0, 0.1) is 0 Å². The first kappa shape index (κ1) is 18.2. The summed E-state index contributed by atoms with van der Waals surface area (Å²) >= 11 is 0. The normalized spacial score (nSPS) is 17.8. The van der Waals surface area contributed by atoms with Crippen LogP contribution in [0.15, 0.2) is 102 Å². The third kappa shape index (κ3) is 3.28. The maximum atomic E-state index is 2.37. The lowest BCUT2D eigenvalue weighted by molar-refractivity contribution is 0.681. The van der Waals surface area contributed by atoms with Gasteiger partial charge in [-0.1, -0.05) is 65.7 Å². The average Bonchev–Trinajstić information content (AvgIpc) is 2.74. The largest absolute Gasteiger partial charge is 0.115 e. The second kappa shape index (κ2) is 7.83. The van der Waals surface area contributed by atoms with Crippen molar-refractivity contribution in [2.45, 2.75) is 38.8 Å². The molecule has 136 valence electrons. The van der Waals surface area contributed by atoms with Gasteiger partial charge in [-0.15, -0.1) is 0 Å². The Morgan fingerprint density at radius 2 is 1.00 bits per heavy atom. The molecule has 0 aliphatic heterocycles. The van der Waals surface area contributed by atoms with Crippen molar-refractivity contribution in [3.8, 4) is 0 Å². The van der Waals surface area contributed by atoms with E-state index in [1.54, 1.807) is 11.1 Å². The number of allylic oxidation sites excluding steroid dienone is 2. The molecule has 0 saturated carbocycles. The van der Waals surface area contributed by atoms with Crippen LogP contribution in [0.25, 0.3) is 0 Å². The molecular formula is C26H28P+. The fourth-order valence-corrected chi connectivity index (χ4v) is 9.78. The molecule has 3 aromatic rings. The molecule has 1 heteroatoms. The Kier molecular flexibility index (Phi) is 5.28. The van der Waals surface area contributed by atoms with Crippen LogP contribution in [-0.4, -0.2) is 5.66 Å². The Bertz CT molecular complexity index is 814. The van der Waals surface area contributed by atoms with Crippen LogP contribution in [0.1, 0.15) is 33.1 Å². The van der Waals surface area contributed by atoms with Gasteiger partial charge in [-0.2, -0.15) is 0 Å². The molecule has 0 N–H and O–H groups in total. The van der Waals surface area contributed by atoms with Crippen molar-refractivity contribution < 1.29 is 0 Å². The van der Waals surface area contributed by atoms with Crippen LogP contribution in [0.4, 0.5) is 0 Å². The molecule has 27 heavy (non-hydrogen) atoms. The summed E-state index contributed by atoms with van der Waals surface area (Å²) in [6.07, 6.45) is 3.71. The first-order chi connectivity index (χ1) is 13.2. The van der Waals surface area contributed by atoms with E-state index in [1.165, 1.54) is 35.2 Å². The van der Waals surface area contributed by atoms with Crippen LogP contribution in [0.5, 0.6) is 0 Å². The van der Waals surface area contributed by atoms with E-state index < -0.39 is 7.26 Å². The molecule has 0 spiro atoms. The van der Waals surface area contributed by atoms with E-state index in [2.05, 4.69) is 105 Å². The minimum Gasteiger partial charge on any atom is -0.0741 e. The third-order valence-corrected chi connectivity index (χ3v) is 11.0. The molecule has 0 fully saturated rings. The Labute approximate surface area is 164 Å². The van der Waals surface area contributed by atoms with E-state index in [0.29, 0.717) is 5.66 Å². The van der Waals surface area contributed by atoms with Gasteiger partial charge in [-0.3, -0.25) is 0 Å². The Hall–Kier alpha value is -2.17. The Morgan fingerprint density at radius 1 is 0.593 bits per heavy atom. The number of hydrogen-bond acceptors (Lipinski definition) is 0. The molecular weight excluding hydrogens is 343 g/mol. The van der Waals surface area contributed by atoms with Crippen molar-refractivity contribution >= 4 is 23.2 Å². The van der Waals surface area contributed by atoms with Crippen LogP contribution in [0.2, 0.25) is 0 Å². The second-order valence-electron chi connectivity index (χ2n) is 7.69. The zero-order chi connectivity index (χ0) is 18.7. The zero-order valence-corrected chi connectivity index (χ0v) is 17.2. The standard InChI is InChI=1S/C26H28P/c1-21-18-19-26(20-22(21)2)27(23-12-6-3-7-13-23,24-14-8-4-9-15-24)25-16-10-5-11-17-25/h3-17,26H,18-20H2,1-2H3/q+1.